The highest BCUT2D eigenvalue weighted by atomic mass is 35.5. The van der Waals surface area contributed by atoms with E-state index in [1.54, 1.807) is 12.1 Å². The number of pyridine rings is 1. The van der Waals surface area contributed by atoms with Crippen LogP contribution in [0.4, 0.5) is 0 Å². The molecule has 2 heterocycles. The molecule has 1 aliphatic heterocycles. The lowest BCUT2D eigenvalue weighted by Gasteiger charge is -2.22. The molecule has 4 rings (SSSR count). The van der Waals surface area contributed by atoms with E-state index in [0.717, 1.165) is 22.2 Å². The third-order valence-corrected chi connectivity index (χ3v) is 5.25. The van der Waals surface area contributed by atoms with Crippen LogP contribution in [0.5, 0.6) is 5.75 Å². The van der Waals surface area contributed by atoms with E-state index in [4.69, 9.17) is 16.3 Å². The molecule has 0 fully saturated rings. The Morgan fingerprint density at radius 2 is 2.00 bits per heavy atom. The second-order valence-corrected chi connectivity index (χ2v) is 6.98. The number of halogens is 1. The van der Waals surface area contributed by atoms with Gasteiger partial charge in [0.1, 0.15) is 16.4 Å². The molecule has 6 heteroatoms. The molecule has 0 bridgehead atoms. The van der Waals surface area contributed by atoms with E-state index in [1.807, 2.05) is 61.5 Å². The fourth-order valence-electron chi connectivity index (χ4n) is 3.51. The Morgan fingerprint density at radius 3 is 2.71 bits per heavy atom. The van der Waals surface area contributed by atoms with Crippen LogP contribution in [0.3, 0.4) is 0 Å². The summed E-state index contributed by atoms with van der Waals surface area (Å²) in [6.07, 6.45) is 0.959. The number of methoxy groups -OCH3 is 1. The summed E-state index contributed by atoms with van der Waals surface area (Å²) in [6, 6.07) is 17.3. The van der Waals surface area contributed by atoms with Crippen LogP contribution in [0.2, 0.25) is 5.15 Å². The van der Waals surface area contributed by atoms with Gasteiger partial charge in [-0.25, -0.2) is 9.99 Å². The number of para-hydroxylation sites is 1. The van der Waals surface area contributed by atoms with E-state index in [2.05, 4.69) is 10.1 Å². The van der Waals surface area contributed by atoms with Gasteiger partial charge in [-0.3, -0.25) is 4.79 Å². The number of hydrogen-bond acceptors (Lipinski definition) is 4. The average Bonchev–Trinajstić information content (AvgIpc) is 3.18. The zero-order chi connectivity index (χ0) is 19.7. The minimum Gasteiger partial charge on any atom is -0.494 e. The second-order valence-electron chi connectivity index (χ2n) is 6.62. The lowest BCUT2D eigenvalue weighted by Crippen LogP contribution is -2.26. The molecule has 0 aliphatic carbocycles. The van der Waals surface area contributed by atoms with Gasteiger partial charge in [-0.2, -0.15) is 5.10 Å². The molecule has 2 aromatic carbocycles. The molecule has 1 atom stereocenters. The third-order valence-electron chi connectivity index (χ3n) is 4.94. The Labute approximate surface area is 168 Å². The molecule has 0 saturated carbocycles. The number of aromatic nitrogens is 1. The highest BCUT2D eigenvalue weighted by molar-refractivity contribution is 6.30. The molecule has 0 N–H and O–H groups in total. The molecular formula is C22H20ClN3O2. The SMILES string of the molecule is CCC(=O)N1N=C(c2ccccc2)C[C@H]1c1cc2cccc(OC)c2nc1Cl. The van der Waals surface area contributed by atoms with Crippen molar-refractivity contribution in [2.45, 2.75) is 25.8 Å². The van der Waals surface area contributed by atoms with Gasteiger partial charge in [0.25, 0.3) is 0 Å². The maximum atomic E-state index is 12.6. The summed E-state index contributed by atoms with van der Waals surface area (Å²) in [6.45, 7) is 1.83. The van der Waals surface area contributed by atoms with E-state index < -0.39 is 0 Å². The Bertz CT molecular complexity index is 1070. The maximum Gasteiger partial charge on any atom is 0.242 e. The van der Waals surface area contributed by atoms with Crippen LogP contribution in [0, 0.1) is 0 Å². The van der Waals surface area contributed by atoms with E-state index in [9.17, 15) is 4.79 Å². The Kier molecular flexibility index (Phi) is 5.01. The fourth-order valence-corrected chi connectivity index (χ4v) is 3.78. The lowest BCUT2D eigenvalue weighted by molar-refractivity contribution is -0.132. The van der Waals surface area contributed by atoms with E-state index >= 15 is 0 Å². The molecule has 142 valence electrons. The topological polar surface area (TPSA) is 54.8 Å². The van der Waals surface area contributed by atoms with E-state index in [1.165, 1.54) is 0 Å². The quantitative estimate of drug-likeness (QED) is 0.587. The van der Waals surface area contributed by atoms with Crippen LogP contribution in [0.15, 0.2) is 59.7 Å². The van der Waals surface area contributed by atoms with Gasteiger partial charge in [0, 0.05) is 23.8 Å². The van der Waals surface area contributed by atoms with Gasteiger partial charge in [0.2, 0.25) is 5.91 Å². The molecule has 1 aliphatic rings. The number of fused-ring (bicyclic) bond motifs is 1. The van der Waals surface area contributed by atoms with Gasteiger partial charge >= 0.3 is 0 Å². The number of hydrazone groups is 1. The summed E-state index contributed by atoms with van der Waals surface area (Å²) in [5.41, 5.74) is 3.37. The van der Waals surface area contributed by atoms with Crippen LogP contribution in [0.25, 0.3) is 10.9 Å². The van der Waals surface area contributed by atoms with Crippen molar-refractivity contribution in [1.82, 2.24) is 9.99 Å². The first-order valence-electron chi connectivity index (χ1n) is 9.20. The molecule has 0 unspecified atom stereocenters. The lowest BCUT2D eigenvalue weighted by atomic mass is 9.98. The summed E-state index contributed by atoms with van der Waals surface area (Å²) in [5, 5.41) is 7.46. The third kappa shape index (κ3) is 3.22. The number of rotatable bonds is 4. The Morgan fingerprint density at radius 1 is 1.21 bits per heavy atom. The van der Waals surface area contributed by atoms with Crippen LogP contribution in [-0.2, 0) is 4.79 Å². The first-order valence-corrected chi connectivity index (χ1v) is 9.58. The van der Waals surface area contributed by atoms with Gasteiger partial charge < -0.3 is 4.74 Å². The summed E-state index contributed by atoms with van der Waals surface area (Å²) in [5.74, 6) is 0.623. The van der Waals surface area contributed by atoms with Crippen LogP contribution < -0.4 is 4.74 Å². The largest absolute Gasteiger partial charge is 0.494 e. The fraction of sp³-hybridized carbons (Fsp3) is 0.227. The normalized spacial score (nSPS) is 16.3. The van der Waals surface area contributed by atoms with Crippen molar-refractivity contribution < 1.29 is 9.53 Å². The Balaban J connectivity index is 1.79. The molecule has 1 aromatic heterocycles. The predicted octanol–water partition coefficient (Wildman–Crippen LogP) is 4.98. The first-order chi connectivity index (χ1) is 13.6. The average molecular weight is 394 g/mol. The molecule has 0 radical (unpaired) electrons. The van der Waals surface area contributed by atoms with Gasteiger partial charge in [0.15, 0.2) is 0 Å². The summed E-state index contributed by atoms with van der Waals surface area (Å²) in [7, 11) is 1.61. The molecular weight excluding hydrogens is 374 g/mol. The number of ether oxygens (including phenoxy) is 1. The summed E-state index contributed by atoms with van der Waals surface area (Å²) >= 11 is 6.56. The molecule has 0 spiro atoms. The molecule has 28 heavy (non-hydrogen) atoms. The van der Waals surface area contributed by atoms with Crippen molar-refractivity contribution in [2.75, 3.05) is 7.11 Å². The van der Waals surface area contributed by atoms with Crippen molar-refractivity contribution in [3.05, 3.63) is 70.9 Å². The number of carbonyl (C=O) groups is 1. The molecule has 5 nitrogen and oxygen atoms in total. The Hall–Kier alpha value is -2.92. The maximum absolute atomic E-state index is 12.6. The predicted molar refractivity (Wildman–Crippen MR) is 111 cm³/mol. The second kappa shape index (κ2) is 7.60. The van der Waals surface area contributed by atoms with E-state index in [0.29, 0.717) is 29.3 Å². The molecule has 1 amide bonds. The minimum atomic E-state index is -0.279. The summed E-state index contributed by atoms with van der Waals surface area (Å²) < 4.78 is 5.39. The molecule has 3 aromatic rings. The van der Waals surface area contributed by atoms with Crippen LogP contribution in [-0.4, -0.2) is 28.7 Å². The van der Waals surface area contributed by atoms with Gasteiger partial charge in [-0.15, -0.1) is 0 Å². The summed E-state index contributed by atoms with van der Waals surface area (Å²) in [4.78, 5) is 17.1. The van der Waals surface area contributed by atoms with Gasteiger partial charge in [0.05, 0.1) is 18.9 Å². The first kappa shape index (κ1) is 18.4. The van der Waals surface area contributed by atoms with Crippen molar-refractivity contribution in [2.24, 2.45) is 5.10 Å². The van der Waals surface area contributed by atoms with Crippen molar-refractivity contribution in [1.29, 1.82) is 0 Å². The van der Waals surface area contributed by atoms with Gasteiger partial charge in [-0.1, -0.05) is 61.0 Å². The smallest absolute Gasteiger partial charge is 0.242 e. The zero-order valence-corrected chi connectivity index (χ0v) is 16.5. The number of amides is 1. The van der Waals surface area contributed by atoms with Crippen LogP contribution >= 0.6 is 11.6 Å². The monoisotopic (exact) mass is 393 g/mol. The minimum absolute atomic E-state index is 0.0438. The highest BCUT2D eigenvalue weighted by Gasteiger charge is 2.34. The van der Waals surface area contributed by atoms with Crippen molar-refractivity contribution >= 4 is 34.1 Å². The van der Waals surface area contributed by atoms with Crippen LogP contribution in [0.1, 0.15) is 36.9 Å². The van der Waals surface area contributed by atoms with Crippen molar-refractivity contribution in [3.8, 4) is 5.75 Å². The number of benzene rings is 2. The van der Waals surface area contributed by atoms with Gasteiger partial charge in [-0.05, 0) is 17.7 Å². The van der Waals surface area contributed by atoms with E-state index in [-0.39, 0.29) is 11.9 Å². The number of hydrogen-bond donors (Lipinski definition) is 0. The number of nitrogens with zero attached hydrogens (tertiary/aromatic N) is 3. The standard InChI is InChI=1S/C22H20ClN3O2/c1-3-20(27)26-18(13-17(25-26)14-8-5-4-6-9-14)16-12-15-10-7-11-19(28-2)21(15)24-22(16)23/h4-12,18H,3,13H2,1-2H3/t18-/m0/s1. The molecule has 0 saturated heterocycles. The zero-order valence-electron chi connectivity index (χ0n) is 15.7. The highest BCUT2D eigenvalue weighted by Crippen LogP contribution is 2.38. The van der Waals surface area contributed by atoms with Crippen molar-refractivity contribution in [3.63, 3.8) is 0 Å². The number of carbonyl (C=O) groups excluding carboxylic acids is 1.